The molecule has 18 nitrogen and oxygen atoms in total. The smallest absolute Gasteiger partial charge is 0.253 e. The number of phenols is 2. The number of Topliss-reactive ketones (excluding diaryl/α,β-unsaturated/α-hetero) is 1. The summed E-state index contributed by atoms with van der Waals surface area (Å²) >= 11 is 12.6. The highest BCUT2D eigenvalue weighted by Crippen LogP contribution is 2.45. The molecule has 3 aliphatic rings. The zero-order valence-corrected chi connectivity index (χ0v) is 39.3. The van der Waals surface area contributed by atoms with Crippen LogP contribution >= 0.6 is 23.2 Å². The van der Waals surface area contributed by atoms with Crippen molar-refractivity contribution in [3.8, 4) is 11.5 Å². The molecule has 1 unspecified atom stereocenters. The van der Waals surface area contributed by atoms with Gasteiger partial charge in [-0.05, 0) is 72.4 Å². The number of carbonyl (C=O) groups excluding carboxylic acids is 2. The summed E-state index contributed by atoms with van der Waals surface area (Å²) in [7, 11) is -4.96. The molecule has 348 valence electrons. The quantitative estimate of drug-likeness (QED) is 0.0513. The fourth-order valence-corrected chi connectivity index (χ4v) is 10.6. The van der Waals surface area contributed by atoms with Crippen LogP contribution in [0.25, 0.3) is 0 Å². The van der Waals surface area contributed by atoms with Gasteiger partial charge < -0.3 is 41.9 Å². The van der Waals surface area contributed by atoms with Gasteiger partial charge in [0.05, 0.1) is 33.2 Å². The zero-order valence-electron chi connectivity index (χ0n) is 36.1. The first kappa shape index (κ1) is 47.7. The molecule has 4 aromatic carbocycles. The van der Waals surface area contributed by atoms with Crippen molar-refractivity contribution >= 4 is 77.7 Å². The van der Waals surface area contributed by atoms with Crippen LogP contribution in [0, 0.1) is 11.3 Å². The number of nitrogens with zero attached hydrogens (tertiary/aromatic N) is 2. The maximum absolute atomic E-state index is 14.2. The number of sulfonamides is 2. The van der Waals surface area contributed by atoms with Gasteiger partial charge in [0.1, 0.15) is 32.9 Å². The van der Waals surface area contributed by atoms with Crippen LogP contribution in [-0.4, -0.2) is 91.8 Å². The first-order valence-corrected chi connectivity index (χ1v) is 24.2. The fraction of sp³-hybridized carbons (Fsp3) is 0.395. The molecule has 8 N–H and O–H groups in total. The first-order chi connectivity index (χ1) is 30.3. The molecule has 0 saturated heterocycles. The van der Waals surface area contributed by atoms with E-state index in [0.717, 1.165) is 34.3 Å². The summed E-state index contributed by atoms with van der Waals surface area (Å²) < 4.78 is 56.0. The van der Waals surface area contributed by atoms with Crippen LogP contribution in [0.2, 0.25) is 10.0 Å². The highest BCUT2D eigenvalue weighted by molar-refractivity contribution is 7.89. The minimum atomic E-state index is -4.55. The third-order valence-corrected chi connectivity index (χ3v) is 16.1. The predicted octanol–water partition coefficient (Wildman–Crippen LogP) is 4.23. The number of anilines is 4. The van der Waals surface area contributed by atoms with Gasteiger partial charge in [-0.15, -0.1) is 0 Å². The van der Waals surface area contributed by atoms with Gasteiger partial charge in [0, 0.05) is 33.7 Å². The SMILES string of the molecule is CN(C)S(=O)(=O)c1c(Cl)ccc(Nc2c(N[C@@H](c3cccc(CN(C)S(=O)(=O)c4c(Cl)ccc(NC5=C(N[C@@H](C(=O)NC6CC6)C(C)(C)C)C(O)C5=O)c4O)c3)C3CC3)c(=O)c2=O)c1O. The number of aromatic hydroxyl groups is 2. The summed E-state index contributed by atoms with van der Waals surface area (Å²) in [4.78, 5) is 50.7. The second-order valence-electron chi connectivity index (χ2n) is 17.7. The molecule has 2 fully saturated rings. The van der Waals surface area contributed by atoms with E-state index in [1.54, 1.807) is 24.3 Å². The number of aliphatic hydroxyl groups excluding tert-OH is 1. The minimum Gasteiger partial charge on any atom is -0.504 e. The van der Waals surface area contributed by atoms with Crippen LogP contribution < -0.4 is 37.4 Å². The third kappa shape index (κ3) is 9.30. The molecule has 1 amide bonds. The lowest BCUT2D eigenvalue weighted by atomic mass is 9.84. The largest absolute Gasteiger partial charge is 0.504 e. The molecule has 0 radical (unpaired) electrons. The number of benzene rings is 3. The van der Waals surface area contributed by atoms with Crippen LogP contribution in [-0.2, 0) is 36.2 Å². The monoisotopic (exact) mass is 973 g/mol. The standard InChI is InChI=1S/C43H49Cl2N7O11S2/c1-43(2,3)41(42(59)46-23-12-13-23)50-32-30(36(56)38(32)58)48-27-17-15-25(45)40(34(27)54)65(62,63)52(6)19-20-8-7-9-22(18-20)28(21-10-11-21)49-31-29(35(55)37(31)57)47-26-16-14-24(44)39(33(26)53)64(60,61)51(4)5/h7-9,14-18,21,23,28,38,41,47-50,53-54,58H,10-13,19H2,1-6H3,(H,46,59)/t28-,38?,41+/m1/s1. The van der Waals surface area contributed by atoms with E-state index in [-0.39, 0.29) is 68.6 Å². The maximum atomic E-state index is 14.2. The van der Waals surface area contributed by atoms with Crippen molar-refractivity contribution < 1.29 is 41.7 Å². The summed E-state index contributed by atoms with van der Waals surface area (Å²) in [5.74, 6) is -2.59. The van der Waals surface area contributed by atoms with E-state index in [0.29, 0.717) is 11.1 Å². The number of rotatable bonds is 18. The number of halogens is 2. The van der Waals surface area contributed by atoms with E-state index >= 15 is 0 Å². The number of nitrogens with one attached hydrogen (secondary N) is 5. The molecule has 0 heterocycles. The molecule has 0 aliphatic heterocycles. The molecule has 0 bridgehead atoms. The molecule has 2 saturated carbocycles. The molecule has 22 heteroatoms. The fourth-order valence-electron chi connectivity index (χ4n) is 7.41. The van der Waals surface area contributed by atoms with Crippen molar-refractivity contribution in [2.45, 2.75) is 87.0 Å². The van der Waals surface area contributed by atoms with Gasteiger partial charge in [0.15, 0.2) is 17.6 Å². The lowest BCUT2D eigenvalue weighted by molar-refractivity contribution is -0.128. The molecule has 3 atom stereocenters. The molecule has 0 aromatic heterocycles. The van der Waals surface area contributed by atoms with Crippen LogP contribution in [0.15, 0.2) is 79.3 Å². The number of phenolic OH excluding ortho intramolecular Hbond substituents is 2. The van der Waals surface area contributed by atoms with E-state index in [2.05, 4.69) is 26.6 Å². The molecular formula is C43H49Cl2N7O11S2. The van der Waals surface area contributed by atoms with Gasteiger partial charge in [-0.3, -0.25) is 19.2 Å². The van der Waals surface area contributed by atoms with Gasteiger partial charge in [0.2, 0.25) is 31.7 Å². The third-order valence-electron chi connectivity index (χ3n) is 11.5. The van der Waals surface area contributed by atoms with Gasteiger partial charge in [0.25, 0.3) is 10.9 Å². The van der Waals surface area contributed by atoms with Crippen LogP contribution in [0.4, 0.5) is 22.7 Å². The predicted molar refractivity (Wildman–Crippen MR) is 245 cm³/mol. The van der Waals surface area contributed by atoms with Crippen molar-refractivity contribution in [1.82, 2.24) is 19.2 Å². The Balaban J connectivity index is 1.10. The number of hydrogen-bond donors (Lipinski definition) is 8. The average Bonchev–Trinajstić information content (AvgIpc) is 4.18. The Kier molecular flexibility index (Phi) is 12.9. The van der Waals surface area contributed by atoms with Crippen molar-refractivity contribution in [2.75, 3.05) is 37.1 Å². The Morgan fingerprint density at radius 2 is 1.37 bits per heavy atom. The maximum Gasteiger partial charge on any atom is 0.253 e. The summed E-state index contributed by atoms with van der Waals surface area (Å²) in [6, 6.07) is 10.6. The number of hydrogen-bond acceptors (Lipinski definition) is 15. The Morgan fingerprint density at radius 3 is 1.92 bits per heavy atom. The summed E-state index contributed by atoms with van der Waals surface area (Å²) in [5.41, 5.74) is -2.08. The highest BCUT2D eigenvalue weighted by Gasteiger charge is 2.44. The van der Waals surface area contributed by atoms with Crippen LogP contribution in [0.5, 0.6) is 11.5 Å². The van der Waals surface area contributed by atoms with Crippen LogP contribution in [0.1, 0.15) is 63.6 Å². The molecular weight excluding hydrogens is 926 g/mol. The molecule has 0 spiro atoms. The lowest BCUT2D eigenvalue weighted by Gasteiger charge is -2.37. The van der Waals surface area contributed by atoms with E-state index in [4.69, 9.17) is 23.2 Å². The summed E-state index contributed by atoms with van der Waals surface area (Å²) in [5, 5.41) is 47.0. The average molecular weight is 975 g/mol. The Bertz CT molecular complexity index is 2940. The Hall–Kier alpha value is -5.22. The van der Waals surface area contributed by atoms with Gasteiger partial charge in [-0.1, -0.05) is 68.2 Å². The second kappa shape index (κ2) is 17.5. The van der Waals surface area contributed by atoms with Gasteiger partial charge >= 0.3 is 0 Å². The van der Waals surface area contributed by atoms with Crippen molar-refractivity contribution in [1.29, 1.82) is 0 Å². The van der Waals surface area contributed by atoms with Gasteiger partial charge in [-0.2, -0.15) is 4.31 Å². The second-order valence-corrected chi connectivity index (χ2v) is 22.6. The first-order valence-electron chi connectivity index (χ1n) is 20.5. The number of ketones is 1. The van der Waals surface area contributed by atoms with E-state index in [1.165, 1.54) is 45.4 Å². The molecule has 65 heavy (non-hydrogen) atoms. The molecule has 3 aliphatic carbocycles. The zero-order chi connectivity index (χ0) is 47.7. The van der Waals surface area contributed by atoms with E-state index in [9.17, 15) is 51.3 Å². The normalized spacial score (nSPS) is 17.8. The Morgan fingerprint density at radius 1 is 0.800 bits per heavy atom. The van der Waals surface area contributed by atoms with E-state index in [1.807, 2.05) is 20.8 Å². The van der Waals surface area contributed by atoms with Crippen molar-refractivity contribution in [3.05, 3.63) is 102 Å². The Labute approximate surface area is 385 Å². The van der Waals surface area contributed by atoms with Crippen molar-refractivity contribution in [2.24, 2.45) is 11.3 Å². The minimum absolute atomic E-state index is 0.000329. The lowest BCUT2D eigenvalue weighted by Crippen LogP contribution is -2.57. The van der Waals surface area contributed by atoms with Gasteiger partial charge in [-0.25, -0.2) is 21.1 Å². The number of carbonyl (C=O) groups is 2. The number of amides is 1. The summed E-state index contributed by atoms with van der Waals surface area (Å²) in [6.07, 6.45) is 1.65. The molecule has 4 aromatic rings. The molecule has 7 rings (SSSR count). The van der Waals surface area contributed by atoms with Crippen molar-refractivity contribution in [3.63, 3.8) is 0 Å². The summed E-state index contributed by atoms with van der Waals surface area (Å²) in [6.45, 7) is 5.24. The topological polar surface area (TPSA) is 264 Å². The number of aliphatic hydroxyl groups is 1. The van der Waals surface area contributed by atoms with Crippen LogP contribution in [0.3, 0.4) is 0 Å². The van der Waals surface area contributed by atoms with E-state index < -0.39 is 81.6 Å². The highest BCUT2D eigenvalue weighted by atomic mass is 35.5.